The van der Waals surface area contributed by atoms with Gasteiger partial charge in [0.15, 0.2) is 0 Å². The van der Waals surface area contributed by atoms with Gasteiger partial charge in [-0.25, -0.2) is 0 Å². The number of anilines is 2. The molecule has 2 aromatic rings. The fourth-order valence-corrected chi connectivity index (χ4v) is 2.34. The molecule has 0 saturated heterocycles. The first-order valence-corrected chi connectivity index (χ1v) is 7.51. The van der Waals surface area contributed by atoms with Gasteiger partial charge in [0, 0.05) is 37.1 Å². The number of aromatic hydroxyl groups is 1. The van der Waals surface area contributed by atoms with Gasteiger partial charge in [-0.2, -0.15) is 0 Å². The van der Waals surface area contributed by atoms with Gasteiger partial charge >= 0.3 is 0 Å². The Balaban J connectivity index is 1.98. The number of hydrogen-bond acceptors (Lipinski definition) is 3. The highest BCUT2D eigenvalue weighted by Gasteiger charge is 2.02. The number of aryl methyl sites for hydroxylation is 1. The van der Waals surface area contributed by atoms with Crippen LogP contribution in [0.2, 0.25) is 0 Å². The molecule has 0 amide bonds. The van der Waals surface area contributed by atoms with Crippen LogP contribution in [-0.2, 0) is 6.54 Å². The Morgan fingerprint density at radius 3 is 2.24 bits per heavy atom. The van der Waals surface area contributed by atoms with Crippen LogP contribution in [0.3, 0.4) is 0 Å². The van der Waals surface area contributed by atoms with E-state index in [1.807, 2.05) is 19.1 Å². The summed E-state index contributed by atoms with van der Waals surface area (Å²) >= 11 is 0. The Bertz CT molecular complexity index is 574. The fraction of sp³-hybridized carbons (Fsp3) is 0.333. The number of nitrogens with zero attached hydrogens (tertiary/aromatic N) is 1. The minimum Gasteiger partial charge on any atom is -0.508 e. The smallest absolute Gasteiger partial charge is 0.120 e. The number of rotatable bonds is 6. The van der Waals surface area contributed by atoms with Gasteiger partial charge in [0.2, 0.25) is 0 Å². The highest BCUT2D eigenvalue weighted by Crippen LogP contribution is 2.21. The Labute approximate surface area is 127 Å². The third kappa shape index (κ3) is 3.91. The van der Waals surface area contributed by atoms with Crippen LogP contribution in [0.25, 0.3) is 0 Å². The molecule has 0 aromatic heterocycles. The van der Waals surface area contributed by atoms with Crippen LogP contribution in [0.5, 0.6) is 5.75 Å². The van der Waals surface area contributed by atoms with Crippen molar-refractivity contribution in [1.82, 2.24) is 0 Å². The lowest BCUT2D eigenvalue weighted by Crippen LogP contribution is -2.21. The van der Waals surface area contributed by atoms with E-state index in [4.69, 9.17) is 0 Å². The molecule has 0 aliphatic carbocycles. The molecular formula is C18H24N2O. The van der Waals surface area contributed by atoms with Crippen molar-refractivity contribution in [3.63, 3.8) is 0 Å². The van der Waals surface area contributed by atoms with Crippen LogP contribution >= 0.6 is 0 Å². The van der Waals surface area contributed by atoms with E-state index in [1.165, 1.54) is 11.3 Å². The van der Waals surface area contributed by atoms with E-state index in [-0.39, 0.29) is 0 Å². The summed E-state index contributed by atoms with van der Waals surface area (Å²) in [5.41, 5.74) is 4.32. The normalized spacial score (nSPS) is 10.4. The first-order valence-electron chi connectivity index (χ1n) is 7.51. The van der Waals surface area contributed by atoms with E-state index < -0.39 is 0 Å². The lowest BCUT2D eigenvalue weighted by molar-refractivity contribution is 0.471. The largest absolute Gasteiger partial charge is 0.508 e. The maximum Gasteiger partial charge on any atom is 0.120 e. The molecule has 2 aromatic carbocycles. The summed E-state index contributed by atoms with van der Waals surface area (Å²) in [6.07, 6.45) is 0. The minimum atomic E-state index is 0.330. The van der Waals surface area contributed by atoms with Crippen LogP contribution in [0, 0.1) is 6.92 Å². The molecule has 0 aliphatic rings. The van der Waals surface area contributed by atoms with Crippen LogP contribution in [0.1, 0.15) is 25.0 Å². The van der Waals surface area contributed by atoms with Crippen molar-refractivity contribution in [2.45, 2.75) is 27.3 Å². The second-order valence-electron chi connectivity index (χ2n) is 5.19. The molecule has 3 heteroatoms. The average Bonchev–Trinajstić information content (AvgIpc) is 2.51. The highest BCUT2D eigenvalue weighted by molar-refractivity contribution is 5.52. The molecule has 0 heterocycles. The first-order chi connectivity index (χ1) is 10.1. The van der Waals surface area contributed by atoms with E-state index in [0.717, 1.165) is 30.9 Å². The van der Waals surface area contributed by atoms with E-state index in [9.17, 15) is 5.11 Å². The Morgan fingerprint density at radius 2 is 1.67 bits per heavy atom. The molecule has 0 spiro atoms. The number of nitrogens with one attached hydrogen (secondary N) is 1. The van der Waals surface area contributed by atoms with Crippen LogP contribution in [-0.4, -0.2) is 18.2 Å². The zero-order valence-corrected chi connectivity index (χ0v) is 13.1. The summed E-state index contributed by atoms with van der Waals surface area (Å²) in [4.78, 5) is 2.33. The van der Waals surface area contributed by atoms with E-state index in [2.05, 4.69) is 48.3 Å². The fourth-order valence-electron chi connectivity index (χ4n) is 2.34. The van der Waals surface area contributed by atoms with Gasteiger partial charge in [-0.15, -0.1) is 0 Å². The van der Waals surface area contributed by atoms with Crippen molar-refractivity contribution < 1.29 is 5.11 Å². The Morgan fingerprint density at radius 1 is 1.00 bits per heavy atom. The van der Waals surface area contributed by atoms with Gasteiger partial charge in [0.1, 0.15) is 5.75 Å². The van der Waals surface area contributed by atoms with E-state index in [0.29, 0.717) is 5.75 Å². The third-order valence-corrected chi connectivity index (χ3v) is 3.77. The van der Waals surface area contributed by atoms with E-state index >= 15 is 0 Å². The molecule has 2 N–H and O–H groups in total. The van der Waals surface area contributed by atoms with Gasteiger partial charge in [-0.1, -0.05) is 18.2 Å². The standard InChI is InChI=1S/C18H24N2O/c1-4-20(5-2)17-10-7-15(8-11-17)13-19-16-9-6-14(3)18(21)12-16/h6-12,19,21H,4-5,13H2,1-3H3. The van der Waals surface area contributed by atoms with Crippen molar-refractivity contribution in [2.24, 2.45) is 0 Å². The van der Waals surface area contributed by atoms with Crippen molar-refractivity contribution in [3.8, 4) is 5.75 Å². The first kappa shape index (κ1) is 15.2. The predicted octanol–water partition coefficient (Wildman–Crippen LogP) is 4.16. The number of phenolic OH excluding ortho intramolecular Hbond substituents is 1. The SMILES string of the molecule is CCN(CC)c1ccc(CNc2ccc(C)c(O)c2)cc1. The van der Waals surface area contributed by atoms with E-state index in [1.54, 1.807) is 6.07 Å². The number of phenols is 1. The summed E-state index contributed by atoms with van der Waals surface area (Å²) < 4.78 is 0. The quantitative estimate of drug-likeness (QED) is 0.836. The summed E-state index contributed by atoms with van der Waals surface area (Å²) in [5, 5.41) is 13.0. The van der Waals surface area contributed by atoms with Crippen molar-refractivity contribution in [3.05, 3.63) is 53.6 Å². The van der Waals surface area contributed by atoms with Crippen LogP contribution in [0.4, 0.5) is 11.4 Å². The van der Waals surface area contributed by atoms with Gasteiger partial charge in [0.05, 0.1) is 0 Å². The van der Waals surface area contributed by atoms with Crippen molar-refractivity contribution in [2.75, 3.05) is 23.3 Å². The minimum absolute atomic E-state index is 0.330. The molecule has 0 aliphatic heterocycles. The molecule has 0 atom stereocenters. The molecule has 0 bridgehead atoms. The summed E-state index contributed by atoms with van der Waals surface area (Å²) in [6, 6.07) is 14.3. The van der Waals surface area contributed by atoms with Gasteiger partial charge in [0.25, 0.3) is 0 Å². The summed E-state index contributed by atoms with van der Waals surface area (Å²) in [7, 11) is 0. The molecule has 0 fully saturated rings. The number of hydrogen-bond donors (Lipinski definition) is 2. The molecule has 0 unspecified atom stereocenters. The zero-order valence-electron chi connectivity index (χ0n) is 13.1. The monoisotopic (exact) mass is 284 g/mol. The second-order valence-corrected chi connectivity index (χ2v) is 5.19. The highest BCUT2D eigenvalue weighted by atomic mass is 16.3. The van der Waals surface area contributed by atoms with Gasteiger partial charge in [-0.3, -0.25) is 0 Å². The molecular weight excluding hydrogens is 260 g/mol. The molecule has 2 rings (SSSR count). The molecule has 0 radical (unpaired) electrons. The number of benzene rings is 2. The Kier molecular flexibility index (Phi) is 5.09. The molecule has 112 valence electrons. The lowest BCUT2D eigenvalue weighted by atomic mass is 10.1. The third-order valence-electron chi connectivity index (χ3n) is 3.77. The maximum atomic E-state index is 9.70. The van der Waals surface area contributed by atoms with Crippen molar-refractivity contribution >= 4 is 11.4 Å². The Hall–Kier alpha value is -2.16. The molecule has 3 nitrogen and oxygen atoms in total. The van der Waals surface area contributed by atoms with Gasteiger partial charge < -0.3 is 15.3 Å². The topological polar surface area (TPSA) is 35.5 Å². The maximum absolute atomic E-state index is 9.70. The van der Waals surface area contributed by atoms with Crippen molar-refractivity contribution in [1.29, 1.82) is 0 Å². The molecule has 21 heavy (non-hydrogen) atoms. The summed E-state index contributed by atoms with van der Waals surface area (Å²) in [6.45, 7) is 9.03. The summed E-state index contributed by atoms with van der Waals surface area (Å²) in [5.74, 6) is 0.330. The van der Waals surface area contributed by atoms with Gasteiger partial charge in [-0.05, 0) is 50.1 Å². The second kappa shape index (κ2) is 7.02. The molecule has 0 saturated carbocycles. The average molecular weight is 284 g/mol. The predicted molar refractivity (Wildman–Crippen MR) is 90.2 cm³/mol. The van der Waals surface area contributed by atoms with Crippen LogP contribution in [0.15, 0.2) is 42.5 Å². The zero-order chi connectivity index (χ0) is 15.2. The lowest BCUT2D eigenvalue weighted by Gasteiger charge is -2.21. The van der Waals surface area contributed by atoms with Crippen LogP contribution < -0.4 is 10.2 Å².